The Labute approximate surface area is 110 Å². The number of hydrogen-bond donors (Lipinski definition) is 1. The number of aromatic nitrogens is 4. The van der Waals surface area contributed by atoms with E-state index in [4.69, 9.17) is 5.11 Å². The van der Waals surface area contributed by atoms with E-state index >= 15 is 0 Å². The second kappa shape index (κ2) is 4.51. The fourth-order valence-corrected chi connectivity index (χ4v) is 2.20. The first kappa shape index (κ1) is 11.9. The molecule has 1 aliphatic rings. The number of likely N-dealkylation sites (tertiary alicyclic amines) is 1. The van der Waals surface area contributed by atoms with Crippen molar-refractivity contribution in [3.63, 3.8) is 0 Å². The van der Waals surface area contributed by atoms with Crippen LogP contribution in [0.4, 0.5) is 0 Å². The van der Waals surface area contributed by atoms with Gasteiger partial charge >= 0.3 is 0 Å². The molecular formula is C12H15N5O2. The first-order valence-corrected chi connectivity index (χ1v) is 6.11. The molecule has 0 unspecified atom stereocenters. The molecule has 2 aromatic heterocycles. The highest BCUT2D eigenvalue weighted by Crippen LogP contribution is 2.22. The third kappa shape index (κ3) is 2.01. The van der Waals surface area contributed by atoms with Gasteiger partial charge < -0.3 is 14.6 Å². The fourth-order valence-electron chi connectivity index (χ4n) is 2.20. The van der Waals surface area contributed by atoms with Crippen LogP contribution in [0.3, 0.4) is 0 Å². The summed E-state index contributed by atoms with van der Waals surface area (Å²) in [5.41, 5.74) is 1.24. The molecule has 3 rings (SSSR count). The van der Waals surface area contributed by atoms with E-state index in [-0.39, 0.29) is 18.6 Å². The summed E-state index contributed by atoms with van der Waals surface area (Å²) in [7, 11) is 1.86. The van der Waals surface area contributed by atoms with E-state index in [1.807, 2.05) is 29.9 Å². The molecule has 0 saturated carbocycles. The number of nitrogens with zero attached hydrogens (tertiary/aromatic N) is 5. The maximum Gasteiger partial charge on any atom is 0.270 e. The molecule has 19 heavy (non-hydrogen) atoms. The molecule has 7 nitrogen and oxygen atoms in total. The normalized spacial score (nSPS) is 15.6. The molecule has 3 heterocycles. The number of hydrogen-bond acceptors (Lipinski definition) is 4. The molecule has 0 atom stereocenters. The summed E-state index contributed by atoms with van der Waals surface area (Å²) in [5.74, 6) is 0.0336. The van der Waals surface area contributed by atoms with Gasteiger partial charge in [0.2, 0.25) is 0 Å². The molecule has 0 spiro atoms. The average molecular weight is 261 g/mol. The van der Waals surface area contributed by atoms with Crippen molar-refractivity contribution in [1.29, 1.82) is 0 Å². The van der Waals surface area contributed by atoms with Crippen molar-refractivity contribution in [2.45, 2.75) is 12.6 Å². The van der Waals surface area contributed by atoms with Gasteiger partial charge in [0.25, 0.3) is 5.91 Å². The maximum atomic E-state index is 12.2. The lowest BCUT2D eigenvalue weighted by Crippen LogP contribution is -2.51. The van der Waals surface area contributed by atoms with E-state index in [0.717, 1.165) is 0 Å². The van der Waals surface area contributed by atoms with Crippen molar-refractivity contribution in [2.75, 3.05) is 13.1 Å². The number of carbonyl (C=O) groups is 1. The van der Waals surface area contributed by atoms with E-state index in [0.29, 0.717) is 24.5 Å². The third-order valence-corrected chi connectivity index (χ3v) is 3.41. The first-order chi connectivity index (χ1) is 9.19. The average Bonchev–Trinajstić information content (AvgIpc) is 2.95. The molecule has 100 valence electrons. The van der Waals surface area contributed by atoms with Crippen molar-refractivity contribution in [3.05, 3.63) is 35.9 Å². The van der Waals surface area contributed by atoms with Gasteiger partial charge in [0.1, 0.15) is 11.4 Å². The van der Waals surface area contributed by atoms with E-state index in [1.165, 1.54) is 0 Å². The lowest BCUT2D eigenvalue weighted by molar-refractivity contribution is 0.0488. The van der Waals surface area contributed by atoms with Crippen molar-refractivity contribution in [3.8, 4) is 0 Å². The molecule has 1 aliphatic heterocycles. The second-order valence-corrected chi connectivity index (χ2v) is 4.72. The fraction of sp³-hybridized carbons (Fsp3) is 0.417. The summed E-state index contributed by atoms with van der Waals surface area (Å²) in [6.45, 7) is 1.13. The third-order valence-electron chi connectivity index (χ3n) is 3.41. The van der Waals surface area contributed by atoms with Crippen LogP contribution in [0.5, 0.6) is 0 Å². The van der Waals surface area contributed by atoms with Crippen molar-refractivity contribution >= 4 is 5.91 Å². The van der Waals surface area contributed by atoms with Crippen LogP contribution in [0.15, 0.2) is 24.5 Å². The molecule has 2 aromatic rings. The molecule has 0 aliphatic carbocycles. The largest absolute Gasteiger partial charge is 0.390 e. The molecule has 1 saturated heterocycles. The van der Waals surface area contributed by atoms with Gasteiger partial charge in [-0.05, 0) is 12.1 Å². The number of rotatable bonds is 3. The molecule has 7 heteroatoms. The van der Waals surface area contributed by atoms with Crippen LogP contribution in [-0.4, -0.2) is 48.6 Å². The van der Waals surface area contributed by atoms with Gasteiger partial charge in [-0.2, -0.15) is 0 Å². The Morgan fingerprint density at radius 1 is 1.53 bits per heavy atom. The molecule has 1 amide bonds. The van der Waals surface area contributed by atoms with Crippen LogP contribution in [-0.2, 0) is 13.7 Å². The first-order valence-electron chi connectivity index (χ1n) is 6.11. The van der Waals surface area contributed by atoms with Crippen LogP contribution >= 0.6 is 0 Å². The van der Waals surface area contributed by atoms with Crippen LogP contribution in [0.2, 0.25) is 0 Å². The number of carbonyl (C=O) groups excluding carboxylic acids is 1. The summed E-state index contributed by atoms with van der Waals surface area (Å²) >= 11 is 0. The van der Waals surface area contributed by atoms with E-state index in [1.54, 1.807) is 15.8 Å². The molecule has 0 aromatic carbocycles. The van der Waals surface area contributed by atoms with Gasteiger partial charge in [0.15, 0.2) is 0 Å². The topological polar surface area (TPSA) is 76.2 Å². The predicted octanol–water partition coefficient (Wildman–Crippen LogP) is -0.194. The van der Waals surface area contributed by atoms with Crippen LogP contribution in [0.25, 0.3) is 0 Å². The van der Waals surface area contributed by atoms with Crippen molar-refractivity contribution in [1.82, 2.24) is 24.5 Å². The Morgan fingerprint density at radius 2 is 2.32 bits per heavy atom. The Kier molecular flexibility index (Phi) is 2.83. The summed E-state index contributed by atoms with van der Waals surface area (Å²) < 4.78 is 3.52. The Hall–Kier alpha value is -2.15. The monoisotopic (exact) mass is 261 g/mol. The molecule has 1 N–H and O–H groups in total. The summed E-state index contributed by atoms with van der Waals surface area (Å²) in [6, 6.07) is 3.82. The zero-order valence-electron chi connectivity index (χ0n) is 10.6. The zero-order chi connectivity index (χ0) is 13.4. The SMILES string of the molecule is Cn1cccc1C(=O)N1CC(n2cc(CO)nn2)C1. The van der Waals surface area contributed by atoms with Crippen molar-refractivity contribution in [2.24, 2.45) is 7.05 Å². The van der Waals surface area contributed by atoms with Gasteiger partial charge in [-0.1, -0.05) is 5.21 Å². The van der Waals surface area contributed by atoms with E-state index in [2.05, 4.69) is 10.3 Å². The Balaban J connectivity index is 1.64. The second-order valence-electron chi connectivity index (χ2n) is 4.72. The summed E-state index contributed by atoms with van der Waals surface area (Å²) in [6.07, 6.45) is 3.57. The highest BCUT2D eigenvalue weighted by atomic mass is 16.3. The zero-order valence-corrected chi connectivity index (χ0v) is 10.6. The van der Waals surface area contributed by atoms with Gasteiger partial charge in [-0.3, -0.25) is 4.79 Å². The van der Waals surface area contributed by atoms with Crippen LogP contribution < -0.4 is 0 Å². The molecular weight excluding hydrogens is 246 g/mol. The van der Waals surface area contributed by atoms with Crippen LogP contribution in [0, 0.1) is 0 Å². The molecule has 0 radical (unpaired) electrons. The molecule has 1 fully saturated rings. The van der Waals surface area contributed by atoms with Gasteiger partial charge in [-0.25, -0.2) is 4.68 Å². The standard InChI is InChI=1S/C12H15N5O2/c1-15-4-2-3-11(15)12(19)16-6-10(7-16)17-5-9(8-18)13-14-17/h2-5,10,18H,6-8H2,1H3. The minimum absolute atomic E-state index is 0.0336. The molecule has 0 bridgehead atoms. The lowest BCUT2D eigenvalue weighted by atomic mass is 10.1. The van der Waals surface area contributed by atoms with Gasteiger partial charge in [0.05, 0.1) is 18.8 Å². The minimum atomic E-state index is -0.112. The quantitative estimate of drug-likeness (QED) is 0.830. The maximum absolute atomic E-state index is 12.2. The smallest absolute Gasteiger partial charge is 0.270 e. The summed E-state index contributed by atoms with van der Waals surface area (Å²) in [4.78, 5) is 13.9. The Bertz CT molecular complexity index is 597. The van der Waals surface area contributed by atoms with Crippen LogP contribution in [0.1, 0.15) is 22.2 Å². The minimum Gasteiger partial charge on any atom is -0.390 e. The lowest BCUT2D eigenvalue weighted by Gasteiger charge is -2.38. The summed E-state index contributed by atoms with van der Waals surface area (Å²) in [5, 5.41) is 16.7. The number of amides is 1. The van der Waals surface area contributed by atoms with Gasteiger partial charge in [-0.15, -0.1) is 5.10 Å². The Morgan fingerprint density at radius 3 is 2.89 bits per heavy atom. The van der Waals surface area contributed by atoms with Gasteiger partial charge in [0, 0.05) is 26.3 Å². The van der Waals surface area contributed by atoms with E-state index in [9.17, 15) is 4.79 Å². The number of aryl methyl sites for hydroxylation is 1. The van der Waals surface area contributed by atoms with E-state index < -0.39 is 0 Å². The highest BCUT2D eigenvalue weighted by molar-refractivity contribution is 5.93. The van der Waals surface area contributed by atoms with Crippen molar-refractivity contribution < 1.29 is 9.90 Å². The highest BCUT2D eigenvalue weighted by Gasteiger charge is 2.33. The number of aliphatic hydroxyl groups excluding tert-OH is 1. The number of aliphatic hydroxyl groups is 1. The predicted molar refractivity (Wildman–Crippen MR) is 66.3 cm³/mol.